The van der Waals surface area contributed by atoms with E-state index in [-0.39, 0.29) is 0 Å². The molecule has 0 bridgehead atoms. The van der Waals surface area contributed by atoms with Crippen molar-refractivity contribution in [2.45, 2.75) is 6.92 Å². The van der Waals surface area contributed by atoms with Gasteiger partial charge in [0.1, 0.15) is 0 Å². The van der Waals surface area contributed by atoms with E-state index in [1.165, 1.54) is 0 Å². The second-order valence-corrected chi connectivity index (χ2v) is 2.60. The summed E-state index contributed by atoms with van der Waals surface area (Å²) in [5, 5.41) is 8.89. The Kier molecular flexibility index (Phi) is 5.33. The van der Waals surface area contributed by atoms with Crippen LogP contribution in [0.15, 0.2) is 0 Å². The van der Waals surface area contributed by atoms with Crippen LogP contribution in [0, 0.1) is 0 Å². The van der Waals surface area contributed by atoms with Gasteiger partial charge in [-0.1, -0.05) is 0 Å². The van der Waals surface area contributed by atoms with Gasteiger partial charge in [0.15, 0.2) is 0 Å². The molecule has 0 aromatic heterocycles. The molecule has 0 amide bonds. The van der Waals surface area contributed by atoms with Crippen LogP contribution in [0.5, 0.6) is 0 Å². The lowest BCUT2D eigenvalue weighted by Gasteiger charge is -1.90. The lowest BCUT2D eigenvalue weighted by Crippen LogP contribution is -2.16. The molecule has 0 atom stereocenters. The molecule has 0 fully saturated rings. The van der Waals surface area contributed by atoms with Crippen LogP contribution in [-0.2, 0) is 14.9 Å². The van der Waals surface area contributed by atoms with Crippen LogP contribution in [-0.4, -0.2) is 25.2 Å². The average Bonchev–Trinajstić information content (AvgIpc) is 1.19. The van der Waals surface area contributed by atoms with Crippen molar-refractivity contribution in [2.24, 2.45) is 0 Å². The van der Waals surface area contributed by atoms with Gasteiger partial charge < -0.3 is 14.5 Å². The van der Waals surface area contributed by atoms with Crippen molar-refractivity contribution in [3.8, 4) is 0 Å². The van der Waals surface area contributed by atoms with Gasteiger partial charge in [0.25, 0.3) is 0 Å². The third kappa shape index (κ3) is 556. The van der Waals surface area contributed by atoms with Crippen molar-refractivity contribution in [1.82, 2.24) is 0 Å². The molecule has 0 aromatic rings. The van der Waals surface area contributed by atoms with Gasteiger partial charge in [0.05, 0.1) is 10.1 Å². The van der Waals surface area contributed by atoms with Crippen molar-refractivity contribution < 1.29 is 22.9 Å². The minimum Gasteiger partial charge on any atom is -0.748 e. The fraction of sp³-hybridized carbons (Fsp3) is 0.667. The van der Waals surface area contributed by atoms with Gasteiger partial charge in [-0.3, -0.25) is 0 Å². The fourth-order valence-electron chi connectivity index (χ4n) is 0. The zero-order valence-electron chi connectivity index (χ0n) is 4.95. The molecule has 0 heterocycles. The molecule has 0 N–H and O–H groups in total. The quantitative estimate of drug-likeness (QED) is 0.373. The Morgan fingerprint density at radius 2 is 1.44 bits per heavy atom. The van der Waals surface area contributed by atoms with Crippen molar-refractivity contribution in [3.05, 3.63) is 0 Å². The van der Waals surface area contributed by atoms with Gasteiger partial charge in [0, 0.05) is 12.2 Å². The zero-order valence-corrected chi connectivity index (χ0v) is 5.77. The maximum absolute atomic E-state index is 9.08. The summed E-state index contributed by atoms with van der Waals surface area (Å²) in [6.07, 6.45) is 0.604. The van der Waals surface area contributed by atoms with E-state index in [0.29, 0.717) is 6.26 Å². The number of aliphatic carboxylic acids is 1. The number of carbonyl (C=O) groups excluding carboxylic acids is 1. The molecule has 0 aliphatic heterocycles. The molecule has 0 saturated carbocycles. The zero-order chi connectivity index (χ0) is 8.08. The number of carboxylic acids is 1. The largest absolute Gasteiger partial charge is 0.748 e. The number of hydrogen-bond donors (Lipinski definition) is 0. The highest BCUT2D eigenvalue weighted by atomic mass is 32.2. The van der Waals surface area contributed by atoms with Crippen LogP contribution in [0.3, 0.4) is 0 Å². The topological polar surface area (TPSA) is 97.3 Å². The molecular weight excluding hydrogens is 148 g/mol. The predicted octanol–water partition coefficient (Wildman–Crippen LogP) is -2.08. The van der Waals surface area contributed by atoms with Crippen molar-refractivity contribution >= 4 is 16.1 Å². The Morgan fingerprint density at radius 1 is 1.44 bits per heavy atom. The highest BCUT2D eigenvalue weighted by molar-refractivity contribution is 7.84. The van der Waals surface area contributed by atoms with E-state index in [4.69, 9.17) is 22.9 Å². The van der Waals surface area contributed by atoms with Crippen molar-refractivity contribution in [3.63, 3.8) is 0 Å². The third-order valence-electron chi connectivity index (χ3n) is 0. The lowest BCUT2D eigenvalue weighted by molar-refractivity contribution is -0.302. The first kappa shape index (κ1) is 11.2. The Hall–Kier alpha value is -0.620. The van der Waals surface area contributed by atoms with E-state index >= 15 is 0 Å². The molecule has 0 rings (SSSR count). The SMILES string of the molecule is CC(=O)[O-].CS(=O)(=O)[O-]. The molecule has 0 radical (unpaired) electrons. The third-order valence-corrected chi connectivity index (χ3v) is 0. The first-order chi connectivity index (χ1) is 3.73. The molecular formula is C3H6O5S-2. The monoisotopic (exact) mass is 154 g/mol. The van der Waals surface area contributed by atoms with Crippen LogP contribution < -0.4 is 5.11 Å². The Labute approximate surface area is 53.1 Å². The highest BCUT2D eigenvalue weighted by Gasteiger charge is 1.65. The van der Waals surface area contributed by atoms with E-state index in [0.717, 1.165) is 6.92 Å². The maximum Gasteiger partial charge on any atom is 0.0916 e. The van der Waals surface area contributed by atoms with Crippen molar-refractivity contribution in [1.29, 1.82) is 0 Å². The molecule has 56 valence electrons. The summed E-state index contributed by atoms with van der Waals surface area (Å²) >= 11 is 0. The minimum atomic E-state index is -3.92. The number of rotatable bonds is 0. The highest BCUT2D eigenvalue weighted by Crippen LogP contribution is 1.59. The van der Waals surface area contributed by atoms with Gasteiger partial charge in [-0.2, -0.15) is 0 Å². The van der Waals surface area contributed by atoms with Crippen LogP contribution >= 0.6 is 0 Å². The van der Waals surface area contributed by atoms with E-state index in [9.17, 15) is 0 Å². The van der Waals surface area contributed by atoms with E-state index < -0.39 is 16.1 Å². The summed E-state index contributed by atoms with van der Waals surface area (Å²) in [5.74, 6) is -1.08. The summed E-state index contributed by atoms with van der Waals surface area (Å²) in [6, 6.07) is 0. The summed E-state index contributed by atoms with van der Waals surface area (Å²) in [6.45, 7) is 0.972. The van der Waals surface area contributed by atoms with E-state index in [2.05, 4.69) is 0 Å². The maximum atomic E-state index is 9.08. The van der Waals surface area contributed by atoms with Gasteiger partial charge in [0.2, 0.25) is 0 Å². The van der Waals surface area contributed by atoms with Crippen LogP contribution in [0.2, 0.25) is 0 Å². The molecule has 0 spiro atoms. The lowest BCUT2D eigenvalue weighted by atomic mass is 10.9. The summed E-state index contributed by atoms with van der Waals surface area (Å²) in [5.41, 5.74) is 0. The van der Waals surface area contributed by atoms with Crippen LogP contribution in [0.4, 0.5) is 0 Å². The normalized spacial score (nSPS) is 9.22. The number of carboxylic acid groups (broad SMARTS) is 1. The predicted molar refractivity (Wildman–Crippen MR) is 26.3 cm³/mol. The second kappa shape index (κ2) is 4.28. The van der Waals surface area contributed by atoms with Gasteiger partial charge in [-0.25, -0.2) is 8.42 Å². The molecule has 0 saturated heterocycles. The number of carbonyl (C=O) groups is 1. The molecule has 5 nitrogen and oxygen atoms in total. The Morgan fingerprint density at radius 3 is 1.44 bits per heavy atom. The molecule has 0 unspecified atom stereocenters. The van der Waals surface area contributed by atoms with Gasteiger partial charge in [-0.05, 0) is 6.92 Å². The van der Waals surface area contributed by atoms with Crippen LogP contribution in [0.1, 0.15) is 6.92 Å². The number of hydrogen-bond acceptors (Lipinski definition) is 5. The molecule has 9 heavy (non-hydrogen) atoms. The Balaban J connectivity index is 0. The van der Waals surface area contributed by atoms with Gasteiger partial charge >= 0.3 is 0 Å². The summed E-state index contributed by atoms with van der Waals surface area (Å²) < 4.78 is 27.2. The molecule has 0 aliphatic rings. The Bertz CT molecular complexity index is 155. The fourth-order valence-corrected chi connectivity index (χ4v) is 0. The first-order valence-electron chi connectivity index (χ1n) is 1.82. The van der Waals surface area contributed by atoms with Gasteiger partial charge in [-0.15, -0.1) is 0 Å². The summed E-state index contributed by atoms with van der Waals surface area (Å²) in [4.78, 5) is 8.89. The smallest absolute Gasteiger partial charge is 0.0916 e. The second-order valence-electron chi connectivity index (χ2n) is 1.20. The molecule has 0 aliphatic carbocycles. The summed E-state index contributed by atoms with van der Waals surface area (Å²) in [7, 11) is -3.92. The van der Waals surface area contributed by atoms with Crippen LogP contribution in [0.25, 0.3) is 0 Å². The van der Waals surface area contributed by atoms with E-state index in [1.54, 1.807) is 0 Å². The molecule has 6 heteroatoms. The average molecular weight is 154 g/mol. The standard InChI is InChI=1S/C2H4O2.CH4O3S/c1-2(3)4;1-5(2,3)4/h1H3,(H,3,4);1H3,(H,2,3,4)/p-2. The molecule has 0 aromatic carbocycles. The van der Waals surface area contributed by atoms with E-state index in [1.807, 2.05) is 0 Å². The minimum absolute atomic E-state index is 0.604. The first-order valence-corrected chi connectivity index (χ1v) is 3.63. The van der Waals surface area contributed by atoms with Crippen molar-refractivity contribution in [2.75, 3.05) is 6.26 Å².